The first-order valence-corrected chi connectivity index (χ1v) is 7.08. The van der Waals surface area contributed by atoms with E-state index in [-0.39, 0.29) is 11.8 Å². The average Bonchev–Trinajstić information content (AvgIpc) is 3.18. The number of aryl methyl sites for hydroxylation is 1. The second kappa shape index (κ2) is 5.09. The van der Waals surface area contributed by atoms with Gasteiger partial charge in [-0.05, 0) is 42.7 Å². The fourth-order valence-electron chi connectivity index (χ4n) is 3.41. The highest BCUT2D eigenvalue weighted by molar-refractivity contribution is 5.84. The van der Waals surface area contributed by atoms with Gasteiger partial charge in [0.1, 0.15) is 0 Å². The number of hydrogen-bond acceptors (Lipinski definition) is 1. The van der Waals surface area contributed by atoms with Gasteiger partial charge in [0.05, 0.1) is 0 Å². The van der Waals surface area contributed by atoms with Crippen molar-refractivity contribution in [2.45, 2.75) is 32.1 Å². The molecule has 0 saturated heterocycles. The summed E-state index contributed by atoms with van der Waals surface area (Å²) in [5, 5.41) is 3.03. The molecule has 98 valence electrons. The fraction of sp³-hybridized carbons (Fsp3) is 0.471. The third-order valence-electron chi connectivity index (χ3n) is 4.36. The molecule has 1 amide bonds. The number of fused-ring (bicyclic) bond motifs is 3. The van der Waals surface area contributed by atoms with Crippen molar-refractivity contribution in [2.24, 2.45) is 11.8 Å². The minimum atomic E-state index is 0.207. The molecule has 2 heteroatoms. The predicted octanol–water partition coefficient (Wildman–Crippen LogP) is 2.49. The molecule has 1 aromatic carbocycles. The molecule has 19 heavy (non-hydrogen) atoms. The van der Waals surface area contributed by atoms with Crippen molar-refractivity contribution < 1.29 is 4.79 Å². The second-order valence-corrected chi connectivity index (χ2v) is 5.42. The Labute approximate surface area is 114 Å². The lowest BCUT2D eigenvalue weighted by atomic mass is 9.92. The van der Waals surface area contributed by atoms with E-state index in [0.717, 1.165) is 19.3 Å². The van der Waals surface area contributed by atoms with Crippen LogP contribution < -0.4 is 5.32 Å². The normalized spacial score (nSPS) is 26.5. The van der Waals surface area contributed by atoms with Gasteiger partial charge in [-0.15, -0.1) is 11.8 Å². The number of hydrogen-bond donors (Lipinski definition) is 1. The van der Waals surface area contributed by atoms with E-state index in [1.54, 1.807) is 0 Å². The number of carbonyl (C=O) groups excluding carboxylic acids is 1. The SMILES string of the molecule is CC#CCCNC(=O)C1C2CCc3ccccc3C21. The van der Waals surface area contributed by atoms with E-state index >= 15 is 0 Å². The molecule has 0 aromatic heterocycles. The molecular formula is C17H19NO. The van der Waals surface area contributed by atoms with Crippen molar-refractivity contribution in [3.63, 3.8) is 0 Å². The zero-order valence-corrected chi connectivity index (χ0v) is 11.3. The Bertz CT molecular complexity index is 552. The molecule has 1 aromatic rings. The number of nitrogens with one attached hydrogen (secondary N) is 1. The summed E-state index contributed by atoms with van der Waals surface area (Å²) in [7, 11) is 0. The molecule has 1 saturated carbocycles. The summed E-state index contributed by atoms with van der Waals surface area (Å²) in [6, 6.07) is 8.59. The van der Waals surface area contributed by atoms with E-state index in [9.17, 15) is 4.79 Å². The third-order valence-corrected chi connectivity index (χ3v) is 4.36. The van der Waals surface area contributed by atoms with Crippen LogP contribution in [0.1, 0.15) is 36.8 Å². The molecule has 1 N–H and O–H groups in total. The van der Waals surface area contributed by atoms with Crippen LogP contribution >= 0.6 is 0 Å². The Morgan fingerprint density at radius 3 is 3.11 bits per heavy atom. The van der Waals surface area contributed by atoms with E-state index in [0.29, 0.717) is 18.4 Å². The van der Waals surface area contributed by atoms with Gasteiger partial charge >= 0.3 is 0 Å². The minimum Gasteiger partial charge on any atom is -0.355 e. The lowest BCUT2D eigenvalue weighted by Crippen LogP contribution is -2.26. The zero-order chi connectivity index (χ0) is 13.2. The van der Waals surface area contributed by atoms with Crippen molar-refractivity contribution in [2.75, 3.05) is 6.54 Å². The van der Waals surface area contributed by atoms with Crippen LogP contribution in [0, 0.1) is 23.7 Å². The third kappa shape index (κ3) is 2.26. The Morgan fingerprint density at radius 1 is 1.42 bits per heavy atom. The molecule has 3 atom stereocenters. The summed E-state index contributed by atoms with van der Waals surface area (Å²) in [5.74, 6) is 7.31. The van der Waals surface area contributed by atoms with Gasteiger partial charge in [-0.2, -0.15) is 0 Å². The maximum atomic E-state index is 12.2. The van der Waals surface area contributed by atoms with E-state index in [4.69, 9.17) is 0 Å². The molecule has 0 bridgehead atoms. The van der Waals surface area contributed by atoms with Crippen molar-refractivity contribution in [1.82, 2.24) is 5.32 Å². The van der Waals surface area contributed by atoms with Crippen molar-refractivity contribution in [1.29, 1.82) is 0 Å². The van der Waals surface area contributed by atoms with Gasteiger partial charge in [-0.1, -0.05) is 24.3 Å². The first kappa shape index (κ1) is 12.3. The molecule has 3 unspecified atom stereocenters. The first-order valence-electron chi connectivity index (χ1n) is 7.08. The second-order valence-electron chi connectivity index (χ2n) is 5.42. The molecule has 1 fully saturated rings. The lowest BCUT2D eigenvalue weighted by Gasteiger charge is -2.13. The standard InChI is InChI=1S/C17H19NO/c1-2-3-6-11-18-17(19)16-14-10-9-12-7-4-5-8-13(12)15(14)16/h4-5,7-8,14-16H,6,9-11H2,1H3,(H,18,19). The number of carbonyl (C=O) groups is 1. The van der Waals surface area contributed by atoms with Gasteiger partial charge < -0.3 is 5.32 Å². The molecule has 3 rings (SSSR count). The molecule has 0 spiro atoms. The Morgan fingerprint density at radius 2 is 2.26 bits per heavy atom. The highest BCUT2D eigenvalue weighted by Gasteiger charge is 2.56. The van der Waals surface area contributed by atoms with E-state index in [2.05, 4.69) is 41.4 Å². The van der Waals surface area contributed by atoms with Gasteiger partial charge in [0, 0.05) is 18.9 Å². The molecular weight excluding hydrogens is 234 g/mol. The quantitative estimate of drug-likeness (QED) is 0.651. The van der Waals surface area contributed by atoms with Crippen LogP contribution in [0.25, 0.3) is 0 Å². The van der Waals surface area contributed by atoms with Gasteiger partial charge in [-0.3, -0.25) is 4.79 Å². The Balaban J connectivity index is 1.63. The first-order chi connectivity index (χ1) is 9.33. The topological polar surface area (TPSA) is 29.1 Å². The van der Waals surface area contributed by atoms with Gasteiger partial charge in [0.2, 0.25) is 5.91 Å². The van der Waals surface area contributed by atoms with Crippen LogP contribution in [-0.4, -0.2) is 12.5 Å². The molecule has 0 heterocycles. The van der Waals surface area contributed by atoms with E-state index in [1.165, 1.54) is 11.1 Å². The minimum absolute atomic E-state index is 0.207. The Hall–Kier alpha value is -1.75. The Kier molecular flexibility index (Phi) is 3.29. The van der Waals surface area contributed by atoms with Crippen molar-refractivity contribution in [3.05, 3.63) is 35.4 Å². The van der Waals surface area contributed by atoms with Gasteiger partial charge in [0.15, 0.2) is 0 Å². The summed E-state index contributed by atoms with van der Waals surface area (Å²) in [6.07, 6.45) is 3.04. The maximum Gasteiger partial charge on any atom is 0.224 e. The smallest absolute Gasteiger partial charge is 0.224 e. The van der Waals surface area contributed by atoms with E-state index < -0.39 is 0 Å². The monoisotopic (exact) mass is 253 g/mol. The number of amides is 1. The molecule has 0 radical (unpaired) electrons. The largest absolute Gasteiger partial charge is 0.355 e. The van der Waals surface area contributed by atoms with E-state index in [1.807, 2.05) is 6.92 Å². The number of benzene rings is 1. The van der Waals surface area contributed by atoms with Crippen molar-refractivity contribution >= 4 is 5.91 Å². The van der Waals surface area contributed by atoms with Crippen LogP contribution in [0.5, 0.6) is 0 Å². The molecule has 2 aliphatic carbocycles. The lowest BCUT2D eigenvalue weighted by molar-refractivity contribution is -0.122. The highest BCUT2D eigenvalue weighted by atomic mass is 16.2. The van der Waals surface area contributed by atoms with Gasteiger partial charge in [0.25, 0.3) is 0 Å². The fourth-order valence-corrected chi connectivity index (χ4v) is 3.41. The van der Waals surface area contributed by atoms with Crippen LogP contribution in [-0.2, 0) is 11.2 Å². The van der Waals surface area contributed by atoms with Gasteiger partial charge in [-0.25, -0.2) is 0 Å². The average molecular weight is 253 g/mol. The van der Waals surface area contributed by atoms with Crippen molar-refractivity contribution in [3.8, 4) is 11.8 Å². The summed E-state index contributed by atoms with van der Waals surface area (Å²) < 4.78 is 0. The maximum absolute atomic E-state index is 12.2. The summed E-state index contributed by atoms with van der Waals surface area (Å²) in [4.78, 5) is 12.2. The molecule has 2 aliphatic rings. The van der Waals surface area contributed by atoms with Crippen LogP contribution in [0.15, 0.2) is 24.3 Å². The van der Waals surface area contributed by atoms with Crippen LogP contribution in [0.2, 0.25) is 0 Å². The summed E-state index contributed by atoms with van der Waals surface area (Å²) in [5.41, 5.74) is 2.85. The summed E-state index contributed by atoms with van der Waals surface area (Å²) >= 11 is 0. The molecule has 2 nitrogen and oxygen atoms in total. The zero-order valence-electron chi connectivity index (χ0n) is 11.3. The van der Waals surface area contributed by atoms with Crippen LogP contribution in [0.3, 0.4) is 0 Å². The predicted molar refractivity (Wildman–Crippen MR) is 75.6 cm³/mol. The summed E-state index contributed by atoms with van der Waals surface area (Å²) in [6.45, 7) is 2.51. The number of rotatable bonds is 3. The highest BCUT2D eigenvalue weighted by Crippen LogP contribution is 2.59. The molecule has 0 aliphatic heterocycles. The van der Waals surface area contributed by atoms with Crippen LogP contribution in [0.4, 0.5) is 0 Å².